The van der Waals surface area contributed by atoms with Crippen LogP contribution in [-0.4, -0.2) is 10.1 Å². The van der Waals surface area contributed by atoms with Crippen LogP contribution in [0, 0.1) is 0 Å². The fourth-order valence-electron chi connectivity index (χ4n) is 3.31. The highest BCUT2D eigenvalue weighted by molar-refractivity contribution is 9.10. The monoisotopic (exact) mass is 413 g/mol. The lowest BCUT2D eigenvalue weighted by Crippen LogP contribution is -2.06. The van der Waals surface area contributed by atoms with Gasteiger partial charge in [-0.05, 0) is 62.1 Å². The zero-order valence-electron chi connectivity index (χ0n) is 13.6. The largest absolute Gasteiger partial charge is 0.392 e. The Balaban J connectivity index is 2.19. The first kappa shape index (κ1) is 16.5. The molecule has 126 valence electrons. The van der Waals surface area contributed by atoms with Crippen LogP contribution in [0.3, 0.4) is 0 Å². The van der Waals surface area contributed by atoms with Crippen molar-refractivity contribution in [2.24, 2.45) is 0 Å². The number of halogens is 1. The van der Waals surface area contributed by atoms with Crippen LogP contribution in [0.4, 0.5) is 0 Å². The Morgan fingerprint density at radius 2 is 1.96 bits per heavy atom. The molecule has 0 saturated heterocycles. The molecule has 2 aromatic carbocycles. The second kappa shape index (κ2) is 6.41. The molecule has 4 aromatic rings. The van der Waals surface area contributed by atoms with Crippen molar-refractivity contribution >= 4 is 48.3 Å². The van der Waals surface area contributed by atoms with Gasteiger partial charge in [0.1, 0.15) is 4.70 Å². The number of aromatic nitrogens is 1. The molecular weight excluding hydrogens is 398 g/mol. The second-order valence-corrected chi connectivity index (χ2v) is 7.74. The molecule has 25 heavy (non-hydrogen) atoms. The normalized spacial score (nSPS) is 11.5. The van der Waals surface area contributed by atoms with Crippen molar-refractivity contribution < 1.29 is 5.11 Å². The van der Waals surface area contributed by atoms with Crippen molar-refractivity contribution in [3.05, 3.63) is 67.7 Å². The lowest BCUT2D eigenvalue weighted by atomic mass is 9.93. The van der Waals surface area contributed by atoms with Gasteiger partial charge in [0.25, 0.3) is 5.56 Å². The van der Waals surface area contributed by atoms with Crippen LogP contribution < -0.4 is 5.56 Å². The minimum atomic E-state index is -0.0813. The van der Waals surface area contributed by atoms with E-state index in [2.05, 4.69) is 52.1 Å². The van der Waals surface area contributed by atoms with Crippen LogP contribution >= 0.6 is 27.3 Å². The number of fused-ring (bicyclic) bond motifs is 3. The minimum Gasteiger partial charge on any atom is -0.392 e. The number of thiophene rings is 1. The number of aliphatic hydroxyl groups excluding tert-OH is 1. The van der Waals surface area contributed by atoms with Crippen LogP contribution in [0.5, 0.6) is 0 Å². The number of benzene rings is 2. The standard InChI is InChI=1S/C20H16BrNO2S/c1-2-11-3-5-12(6-4-11)16-13(10-23)9-15(21)18-17(16)14-7-8-25-19(14)20(24)22-18/h3-9,23H,2,10H2,1H3,(H,22,24). The first-order chi connectivity index (χ1) is 12.1. The molecule has 2 N–H and O–H groups in total. The summed E-state index contributed by atoms with van der Waals surface area (Å²) in [5, 5.41) is 13.8. The number of rotatable bonds is 3. The highest BCUT2D eigenvalue weighted by Gasteiger charge is 2.17. The summed E-state index contributed by atoms with van der Waals surface area (Å²) in [6.45, 7) is 2.06. The molecule has 0 spiro atoms. The van der Waals surface area contributed by atoms with E-state index in [0.717, 1.165) is 43.9 Å². The summed E-state index contributed by atoms with van der Waals surface area (Å²) in [5.74, 6) is 0. The quantitative estimate of drug-likeness (QED) is 0.483. The van der Waals surface area contributed by atoms with E-state index in [1.807, 2.05) is 17.5 Å². The topological polar surface area (TPSA) is 53.1 Å². The lowest BCUT2D eigenvalue weighted by molar-refractivity contribution is 0.282. The molecule has 0 unspecified atom stereocenters. The predicted molar refractivity (Wildman–Crippen MR) is 108 cm³/mol. The molecule has 0 saturated carbocycles. The molecule has 2 heterocycles. The van der Waals surface area contributed by atoms with E-state index in [0.29, 0.717) is 4.70 Å². The predicted octanol–water partition coefficient (Wildman–Crippen LogP) is 5.23. The van der Waals surface area contributed by atoms with E-state index in [4.69, 9.17) is 0 Å². The van der Waals surface area contributed by atoms with Crippen LogP contribution in [0.15, 0.2) is 51.0 Å². The summed E-state index contributed by atoms with van der Waals surface area (Å²) < 4.78 is 1.49. The average Bonchev–Trinajstić information content (AvgIpc) is 3.13. The summed E-state index contributed by atoms with van der Waals surface area (Å²) in [4.78, 5) is 15.4. The van der Waals surface area contributed by atoms with Crippen molar-refractivity contribution in [1.29, 1.82) is 0 Å². The Morgan fingerprint density at radius 1 is 1.20 bits per heavy atom. The number of hydrogen-bond donors (Lipinski definition) is 2. The van der Waals surface area contributed by atoms with Gasteiger partial charge in [0.05, 0.1) is 12.1 Å². The molecule has 4 rings (SSSR count). The first-order valence-corrected chi connectivity index (χ1v) is 9.76. The Labute approximate surface area is 157 Å². The van der Waals surface area contributed by atoms with Gasteiger partial charge in [-0.1, -0.05) is 31.2 Å². The summed E-state index contributed by atoms with van der Waals surface area (Å²) in [5.41, 5.74) is 4.80. The van der Waals surface area contributed by atoms with E-state index < -0.39 is 0 Å². The number of aromatic amines is 1. The van der Waals surface area contributed by atoms with E-state index in [1.165, 1.54) is 16.9 Å². The molecule has 2 aromatic heterocycles. The van der Waals surface area contributed by atoms with E-state index in [-0.39, 0.29) is 12.2 Å². The maximum Gasteiger partial charge on any atom is 0.266 e. The highest BCUT2D eigenvalue weighted by atomic mass is 79.9. The third-order valence-electron chi connectivity index (χ3n) is 4.56. The van der Waals surface area contributed by atoms with Gasteiger partial charge < -0.3 is 10.1 Å². The highest BCUT2D eigenvalue weighted by Crippen LogP contribution is 2.39. The van der Waals surface area contributed by atoms with Gasteiger partial charge >= 0.3 is 0 Å². The fraction of sp³-hybridized carbons (Fsp3) is 0.150. The summed E-state index contributed by atoms with van der Waals surface area (Å²) in [6.07, 6.45) is 0.982. The smallest absolute Gasteiger partial charge is 0.266 e. The zero-order chi connectivity index (χ0) is 17.6. The van der Waals surface area contributed by atoms with Gasteiger partial charge in [0, 0.05) is 15.2 Å². The maximum atomic E-state index is 12.4. The molecule has 0 aliphatic carbocycles. The molecule has 0 atom stereocenters. The number of pyridine rings is 1. The van der Waals surface area contributed by atoms with Crippen molar-refractivity contribution in [3.63, 3.8) is 0 Å². The van der Waals surface area contributed by atoms with Gasteiger partial charge in [0.15, 0.2) is 0 Å². The molecular formula is C20H16BrNO2S. The summed E-state index contributed by atoms with van der Waals surface area (Å²) in [7, 11) is 0. The van der Waals surface area contributed by atoms with Crippen LogP contribution in [0.1, 0.15) is 18.1 Å². The number of H-pyrrole nitrogens is 1. The van der Waals surface area contributed by atoms with E-state index in [1.54, 1.807) is 0 Å². The van der Waals surface area contributed by atoms with Crippen molar-refractivity contribution in [1.82, 2.24) is 4.98 Å². The van der Waals surface area contributed by atoms with E-state index >= 15 is 0 Å². The third kappa shape index (κ3) is 2.63. The third-order valence-corrected chi connectivity index (χ3v) is 6.10. The van der Waals surface area contributed by atoms with Gasteiger partial charge in [-0.25, -0.2) is 0 Å². The fourth-order valence-corrected chi connectivity index (χ4v) is 4.68. The average molecular weight is 414 g/mol. The van der Waals surface area contributed by atoms with Crippen molar-refractivity contribution in [3.8, 4) is 11.1 Å². The van der Waals surface area contributed by atoms with Crippen LogP contribution in [-0.2, 0) is 13.0 Å². The van der Waals surface area contributed by atoms with Crippen LogP contribution in [0.25, 0.3) is 32.1 Å². The number of nitrogens with one attached hydrogen (secondary N) is 1. The molecule has 0 fully saturated rings. The molecule has 0 aliphatic heterocycles. The van der Waals surface area contributed by atoms with Gasteiger partial charge in [-0.2, -0.15) is 0 Å². The van der Waals surface area contributed by atoms with Crippen molar-refractivity contribution in [2.75, 3.05) is 0 Å². The number of aryl methyl sites for hydroxylation is 1. The summed E-state index contributed by atoms with van der Waals surface area (Å²) in [6, 6.07) is 12.3. The summed E-state index contributed by atoms with van der Waals surface area (Å²) >= 11 is 4.98. The zero-order valence-corrected chi connectivity index (χ0v) is 16.0. The van der Waals surface area contributed by atoms with Crippen molar-refractivity contribution in [2.45, 2.75) is 20.0 Å². The molecule has 0 amide bonds. The Bertz CT molecular complexity index is 1140. The minimum absolute atomic E-state index is 0.0653. The van der Waals surface area contributed by atoms with E-state index in [9.17, 15) is 9.90 Å². The van der Waals surface area contributed by atoms with Crippen LogP contribution in [0.2, 0.25) is 0 Å². The number of aliphatic hydroxyl groups is 1. The SMILES string of the molecule is CCc1ccc(-c2c(CO)cc(Br)c3[nH]c(=O)c4sccc4c23)cc1. The van der Waals surface area contributed by atoms with Gasteiger partial charge in [-0.15, -0.1) is 11.3 Å². The first-order valence-electron chi connectivity index (χ1n) is 8.08. The molecule has 0 bridgehead atoms. The second-order valence-electron chi connectivity index (χ2n) is 5.97. The Morgan fingerprint density at radius 3 is 2.64 bits per heavy atom. The Kier molecular flexibility index (Phi) is 4.23. The number of hydrogen-bond acceptors (Lipinski definition) is 3. The molecule has 5 heteroatoms. The molecule has 0 aliphatic rings. The molecule has 0 radical (unpaired) electrons. The van der Waals surface area contributed by atoms with Gasteiger partial charge in [0.2, 0.25) is 0 Å². The lowest BCUT2D eigenvalue weighted by Gasteiger charge is -2.15. The molecule has 3 nitrogen and oxygen atoms in total. The van der Waals surface area contributed by atoms with Gasteiger partial charge in [-0.3, -0.25) is 4.79 Å². The maximum absolute atomic E-state index is 12.4. The Hall–Kier alpha value is -1.95.